The number of piperidine rings is 1. The van der Waals surface area contributed by atoms with E-state index in [2.05, 4.69) is 18.5 Å². The third-order valence-electron chi connectivity index (χ3n) is 2.37. The summed E-state index contributed by atoms with van der Waals surface area (Å²) < 4.78 is 5.74. The Hall–Kier alpha value is -0.760. The zero-order chi connectivity index (χ0) is 9.68. The molecule has 1 saturated heterocycles. The molecule has 2 nitrogen and oxygen atoms in total. The lowest BCUT2D eigenvalue weighted by molar-refractivity contribution is 0.0591. The van der Waals surface area contributed by atoms with Crippen LogP contribution in [-0.2, 0) is 4.74 Å². The van der Waals surface area contributed by atoms with Gasteiger partial charge < -0.3 is 9.64 Å². The smallest absolute Gasteiger partial charge is 0.101 e. The molecule has 1 aliphatic rings. The molecule has 0 saturated carbocycles. The van der Waals surface area contributed by atoms with Crippen LogP contribution in [0.3, 0.4) is 0 Å². The number of nitrogens with zero attached hydrogens (tertiary/aromatic N) is 1. The van der Waals surface area contributed by atoms with Gasteiger partial charge in [-0.05, 0) is 32.9 Å². The first kappa shape index (κ1) is 10.3. The van der Waals surface area contributed by atoms with Crippen LogP contribution in [0.15, 0.2) is 24.5 Å². The lowest BCUT2D eigenvalue weighted by Crippen LogP contribution is -2.33. The van der Waals surface area contributed by atoms with E-state index in [-0.39, 0.29) is 0 Å². The second-order valence-electron chi connectivity index (χ2n) is 3.63. The summed E-state index contributed by atoms with van der Waals surface area (Å²) in [4.78, 5) is 2.34. The van der Waals surface area contributed by atoms with E-state index in [0.29, 0.717) is 6.10 Å². The third kappa shape index (κ3) is 3.64. The normalized spacial score (nSPS) is 21.5. The molecule has 0 N–H and O–H groups in total. The minimum absolute atomic E-state index is 0.410. The third-order valence-corrected chi connectivity index (χ3v) is 2.37. The monoisotopic (exact) mass is 181 g/mol. The highest BCUT2D eigenvalue weighted by atomic mass is 16.5. The molecule has 0 radical (unpaired) electrons. The lowest BCUT2D eigenvalue weighted by atomic mass is 10.1. The summed E-state index contributed by atoms with van der Waals surface area (Å²) in [6.07, 6.45) is 6.37. The van der Waals surface area contributed by atoms with Crippen molar-refractivity contribution in [2.45, 2.75) is 25.9 Å². The van der Waals surface area contributed by atoms with Crippen molar-refractivity contribution in [3.05, 3.63) is 24.5 Å². The van der Waals surface area contributed by atoms with Gasteiger partial charge in [0, 0.05) is 13.1 Å². The van der Waals surface area contributed by atoms with Gasteiger partial charge in [0.2, 0.25) is 0 Å². The quantitative estimate of drug-likeness (QED) is 0.489. The summed E-state index contributed by atoms with van der Waals surface area (Å²) in [6.45, 7) is 7.92. The van der Waals surface area contributed by atoms with Crippen molar-refractivity contribution in [2.75, 3.05) is 20.1 Å². The van der Waals surface area contributed by atoms with Crippen LogP contribution < -0.4 is 0 Å². The maximum Gasteiger partial charge on any atom is 0.101 e. The van der Waals surface area contributed by atoms with E-state index in [4.69, 9.17) is 4.74 Å². The van der Waals surface area contributed by atoms with E-state index >= 15 is 0 Å². The van der Waals surface area contributed by atoms with E-state index in [9.17, 15) is 0 Å². The summed E-state index contributed by atoms with van der Waals surface area (Å²) in [5.74, 6) is 0.976. The highest BCUT2D eigenvalue weighted by molar-refractivity contribution is 5.02. The number of allylic oxidation sites excluding steroid dienone is 3. The van der Waals surface area contributed by atoms with Crippen LogP contribution in [0.4, 0.5) is 0 Å². The zero-order valence-corrected chi connectivity index (χ0v) is 8.62. The van der Waals surface area contributed by atoms with Crippen molar-refractivity contribution in [3.63, 3.8) is 0 Å². The Balaban J connectivity index is 2.30. The lowest BCUT2D eigenvalue weighted by Gasteiger charge is -2.29. The zero-order valence-electron chi connectivity index (χ0n) is 8.62. The molecule has 1 fully saturated rings. The van der Waals surface area contributed by atoms with E-state index in [0.717, 1.165) is 31.7 Å². The van der Waals surface area contributed by atoms with Crippen molar-refractivity contribution in [2.24, 2.45) is 0 Å². The predicted molar refractivity (Wildman–Crippen MR) is 55.6 cm³/mol. The van der Waals surface area contributed by atoms with Gasteiger partial charge in [0.15, 0.2) is 0 Å². The number of rotatable bonds is 3. The summed E-state index contributed by atoms with van der Waals surface area (Å²) in [6, 6.07) is 0. The molecule has 0 aliphatic carbocycles. The first-order chi connectivity index (χ1) is 6.22. The Morgan fingerprint density at radius 1 is 1.46 bits per heavy atom. The highest BCUT2D eigenvalue weighted by Gasteiger charge is 2.17. The first-order valence-electron chi connectivity index (χ1n) is 4.87. The molecule has 13 heavy (non-hydrogen) atoms. The topological polar surface area (TPSA) is 12.5 Å². The fourth-order valence-corrected chi connectivity index (χ4v) is 1.57. The standard InChI is InChI=1S/C11H19NO/c1-4-5-10(2)13-11-6-8-12(3)9-7-11/h4-5,11H,1,6-9H2,2-3H3/b10-5+. The van der Waals surface area contributed by atoms with Gasteiger partial charge in [0.25, 0.3) is 0 Å². The van der Waals surface area contributed by atoms with Crippen molar-refractivity contribution >= 4 is 0 Å². The molecular weight excluding hydrogens is 162 g/mol. The van der Waals surface area contributed by atoms with Crippen molar-refractivity contribution < 1.29 is 4.74 Å². The predicted octanol–water partition coefficient (Wildman–Crippen LogP) is 2.19. The summed E-state index contributed by atoms with van der Waals surface area (Å²) in [5.41, 5.74) is 0. The van der Waals surface area contributed by atoms with E-state index in [1.807, 2.05) is 13.0 Å². The van der Waals surface area contributed by atoms with E-state index < -0.39 is 0 Å². The SMILES string of the molecule is C=C/C=C(\C)OC1CCN(C)CC1. The maximum absolute atomic E-state index is 5.74. The Kier molecular flexibility index (Phi) is 4.03. The fourth-order valence-electron chi connectivity index (χ4n) is 1.57. The first-order valence-corrected chi connectivity index (χ1v) is 4.87. The molecule has 0 unspecified atom stereocenters. The van der Waals surface area contributed by atoms with Gasteiger partial charge in [-0.3, -0.25) is 0 Å². The Morgan fingerprint density at radius 3 is 2.62 bits per heavy atom. The molecule has 0 aromatic rings. The highest BCUT2D eigenvalue weighted by Crippen LogP contribution is 2.15. The van der Waals surface area contributed by atoms with Crippen LogP contribution in [0, 0.1) is 0 Å². The second-order valence-corrected chi connectivity index (χ2v) is 3.63. The molecule has 2 heteroatoms. The van der Waals surface area contributed by atoms with Gasteiger partial charge in [0.1, 0.15) is 6.10 Å². The summed E-state index contributed by atoms with van der Waals surface area (Å²) in [7, 11) is 2.16. The number of likely N-dealkylation sites (tertiary alicyclic amines) is 1. The van der Waals surface area contributed by atoms with Gasteiger partial charge in [-0.1, -0.05) is 12.7 Å². The maximum atomic E-state index is 5.74. The molecule has 1 aliphatic heterocycles. The Labute approximate surface area is 80.9 Å². The van der Waals surface area contributed by atoms with Gasteiger partial charge in [-0.25, -0.2) is 0 Å². The largest absolute Gasteiger partial charge is 0.495 e. The minimum Gasteiger partial charge on any atom is -0.495 e. The molecule has 1 rings (SSSR count). The van der Waals surface area contributed by atoms with Crippen molar-refractivity contribution in [1.82, 2.24) is 4.90 Å². The van der Waals surface area contributed by atoms with E-state index in [1.54, 1.807) is 6.08 Å². The number of hydrogen-bond acceptors (Lipinski definition) is 2. The molecule has 0 atom stereocenters. The minimum atomic E-state index is 0.410. The Bertz CT molecular complexity index is 190. The van der Waals surface area contributed by atoms with Gasteiger partial charge in [-0.15, -0.1) is 0 Å². The summed E-state index contributed by atoms with van der Waals surface area (Å²) >= 11 is 0. The van der Waals surface area contributed by atoms with Crippen molar-refractivity contribution in [1.29, 1.82) is 0 Å². The van der Waals surface area contributed by atoms with Crippen LogP contribution in [-0.4, -0.2) is 31.1 Å². The molecule has 0 amide bonds. The molecular formula is C11H19NO. The molecule has 0 bridgehead atoms. The molecule has 0 aromatic heterocycles. The molecule has 0 aromatic carbocycles. The van der Waals surface area contributed by atoms with Crippen LogP contribution in [0.2, 0.25) is 0 Å². The number of ether oxygens (including phenoxy) is 1. The average Bonchev–Trinajstić information content (AvgIpc) is 2.09. The Morgan fingerprint density at radius 2 is 2.08 bits per heavy atom. The van der Waals surface area contributed by atoms with Crippen molar-refractivity contribution in [3.8, 4) is 0 Å². The van der Waals surface area contributed by atoms with Gasteiger partial charge in [-0.2, -0.15) is 0 Å². The van der Waals surface area contributed by atoms with E-state index in [1.165, 1.54) is 0 Å². The number of hydrogen-bond donors (Lipinski definition) is 0. The van der Waals surface area contributed by atoms with Crippen LogP contribution in [0.25, 0.3) is 0 Å². The molecule has 0 spiro atoms. The van der Waals surface area contributed by atoms with Crippen LogP contribution in [0.1, 0.15) is 19.8 Å². The van der Waals surface area contributed by atoms with Crippen LogP contribution >= 0.6 is 0 Å². The summed E-state index contributed by atoms with van der Waals surface area (Å²) in [5, 5.41) is 0. The fraction of sp³-hybridized carbons (Fsp3) is 0.636. The second kappa shape index (κ2) is 5.07. The van der Waals surface area contributed by atoms with Gasteiger partial charge in [0.05, 0.1) is 5.76 Å². The van der Waals surface area contributed by atoms with Gasteiger partial charge >= 0.3 is 0 Å². The molecule has 1 heterocycles. The molecule has 74 valence electrons. The van der Waals surface area contributed by atoms with Crippen LogP contribution in [0.5, 0.6) is 0 Å². The average molecular weight is 181 g/mol.